The van der Waals surface area contributed by atoms with Crippen molar-refractivity contribution in [2.75, 3.05) is 6.61 Å². The van der Waals surface area contributed by atoms with E-state index in [9.17, 15) is 0 Å². The van der Waals surface area contributed by atoms with Crippen molar-refractivity contribution in [1.82, 2.24) is 0 Å². The first-order valence-electron chi connectivity index (χ1n) is 8.89. The predicted molar refractivity (Wildman–Crippen MR) is 99.2 cm³/mol. The minimum Gasteiger partial charge on any atom is -1.00 e. The van der Waals surface area contributed by atoms with Crippen LogP contribution in [-0.2, 0) is 4.57 Å². The fourth-order valence-electron chi connectivity index (χ4n) is 2.30. The molecule has 1 rings (SSSR count). The van der Waals surface area contributed by atoms with Gasteiger partial charge in [-0.3, -0.25) is 0 Å². The van der Waals surface area contributed by atoms with Crippen LogP contribution in [0, 0.1) is 0 Å². The van der Waals surface area contributed by atoms with Crippen LogP contribution in [0.3, 0.4) is 0 Å². The molecule has 0 radical (unpaired) electrons. The Bertz CT molecular complexity index is 423. The Kier molecular flexibility index (Phi) is 20.7. The van der Waals surface area contributed by atoms with E-state index < -0.39 is 7.82 Å². The second-order valence-electron chi connectivity index (χ2n) is 5.86. The second kappa shape index (κ2) is 18.9. The van der Waals surface area contributed by atoms with Crippen molar-refractivity contribution < 1.29 is 55.0 Å². The van der Waals surface area contributed by atoms with Crippen molar-refractivity contribution >= 4 is 7.82 Å². The van der Waals surface area contributed by atoms with Crippen LogP contribution in [0.1, 0.15) is 72.6 Å². The standard InChI is InChI=1S/C18H30O.Na.H3O4P.H/c1-2-3-4-5-6-7-8-9-10-14-17-19-18-15-12-11-13-16-18;;1-5(2,3)4;/h11-13,15-16H,2-10,14,17H2,1H3;;(H3,1,2,3,4);/q;+1;;-1. The van der Waals surface area contributed by atoms with E-state index in [0.29, 0.717) is 0 Å². The molecule has 5 nitrogen and oxygen atoms in total. The van der Waals surface area contributed by atoms with Gasteiger partial charge in [0, 0.05) is 0 Å². The summed E-state index contributed by atoms with van der Waals surface area (Å²) in [5.41, 5.74) is 0. The van der Waals surface area contributed by atoms with Gasteiger partial charge in [0.05, 0.1) is 6.61 Å². The van der Waals surface area contributed by atoms with Gasteiger partial charge in [-0.1, -0.05) is 82.9 Å². The molecule has 1 aromatic rings. The molecular formula is C18H34NaO5P. The molecule has 0 bridgehead atoms. The third kappa shape index (κ3) is 26.5. The van der Waals surface area contributed by atoms with Crippen LogP contribution in [0.5, 0.6) is 5.75 Å². The first kappa shape index (κ1) is 27.3. The van der Waals surface area contributed by atoms with Gasteiger partial charge in [0.15, 0.2) is 0 Å². The van der Waals surface area contributed by atoms with E-state index in [1.807, 2.05) is 30.3 Å². The Balaban J connectivity index is -0.000000668. The van der Waals surface area contributed by atoms with E-state index >= 15 is 0 Å². The van der Waals surface area contributed by atoms with Gasteiger partial charge in [-0.05, 0) is 18.6 Å². The Hall–Kier alpha value is 0.130. The number of ether oxygens (including phenoxy) is 1. The Morgan fingerprint density at radius 1 is 0.840 bits per heavy atom. The SMILES string of the molecule is CCCCCCCCCCCCOc1ccccc1.O=P(O)(O)O.[H-].[Na+]. The van der Waals surface area contributed by atoms with Gasteiger partial charge in [0.1, 0.15) is 5.75 Å². The molecule has 0 aliphatic carbocycles. The Morgan fingerprint density at radius 3 is 1.68 bits per heavy atom. The summed E-state index contributed by atoms with van der Waals surface area (Å²) in [6.07, 6.45) is 13.7. The molecule has 0 amide bonds. The van der Waals surface area contributed by atoms with Crippen molar-refractivity contribution in [2.45, 2.75) is 71.1 Å². The number of benzene rings is 1. The zero-order chi connectivity index (χ0) is 18.1. The molecule has 1 aromatic carbocycles. The largest absolute Gasteiger partial charge is 1.00 e. The van der Waals surface area contributed by atoms with Gasteiger partial charge < -0.3 is 20.8 Å². The number of hydrogen-bond donors (Lipinski definition) is 3. The predicted octanol–water partition coefficient (Wildman–Crippen LogP) is 2.17. The van der Waals surface area contributed by atoms with Crippen LogP contribution >= 0.6 is 7.82 Å². The van der Waals surface area contributed by atoms with Gasteiger partial charge >= 0.3 is 37.4 Å². The van der Waals surface area contributed by atoms with Gasteiger partial charge in [0.2, 0.25) is 0 Å². The van der Waals surface area contributed by atoms with Crippen molar-refractivity contribution in [3.8, 4) is 5.75 Å². The molecule has 0 saturated carbocycles. The molecule has 142 valence electrons. The van der Waals surface area contributed by atoms with Crippen LogP contribution < -0.4 is 34.3 Å². The molecule has 0 aliphatic rings. The summed E-state index contributed by atoms with van der Waals surface area (Å²) in [6.45, 7) is 3.14. The maximum atomic E-state index is 8.88. The number of unbranched alkanes of at least 4 members (excludes halogenated alkanes) is 9. The fraction of sp³-hybridized carbons (Fsp3) is 0.667. The summed E-state index contributed by atoms with van der Waals surface area (Å²) in [6, 6.07) is 10.1. The zero-order valence-electron chi connectivity index (χ0n) is 16.8. The second-order valence-corrected chi connectivity index (χ2v) is 6.88. The van der Waals surface area contributed by atoms with Crippen LogP contribution in [0.25, 0.3) is 0 Å². The molecular weight excluding hydrogens is 350 g/mol. The van der Waals surface area contributed by atoms with E-state index in [2.05, 4.69) is 6.92 Å². The summed E-state index contributed by atoms with van der Waals surface area (Å²) in [5.74, 6) is 0.999. The van der Waals surface area contributed by atoms with Gasteiger partial charge in [0.25, 0.3) is 0 Å². The number of rotatable bonds is 12. The summed E-state index contributed by atoms with van der Waals surface area (Å²) >= 11 is 0. The van der Waals surface area contributed by atoms with E-state index in [4.69, 9.17) is 24.0 Å². The first-order valence-corrected chi connectivity index (χ1v) is 10.5. The van der Waals surface area contributed by atoms with E-state index in [1.165, 1.54) is 64.2 Å². The molecule has 3 N–H and O–H groups in total. The van der Waals surface area contributed by atoms with Crippen LogP contribution in [0.15, 0.2) is 30.3 Å². The average Bonchev–Trinajstić information content (AvgIpc) is 2.52. The number of para-hydroxylation sites is 1. The summed E-state index contributed by atoms with van der Waals surface area (Å²) in [4.78, 5) is 21.6. The first-order chi connectivity index (χ1) is 11.4. The number of phosphoric acid groups is 1. The zero-order valence-corrected chi connectivity index (χ0v) is 18.7. The molecule has 25 heavy (non-hydrogen) atoms. The minimum absolute atomic E-state index is 0. The van der Waals surface area contributed by atoms with E-state index in [-0.39, 0.29) is 31.0 Å². The molecule has 0 aromatic heterocycles. The van der Waals surface area contributed by atoms with Crippen molar-refractivity contribution in [3.63, 3.8) is 0 Å². The molecule has 0 saturated heterocycles. The monoisotopic (exact) mass is 384 g/mol. The van der Waals surface area contributed by atoms with E-state index in [1.54, 1.807) is 0 Å². The maximum absolute atomic E-state index is 8.88. The van der Waals surface area contributed by atoms with Gasteiger partial charge in [-0.15, -0.1) is 0 Å². The Morgan fingerprint density at radius 2 is 1.24 bits per heavy atom. The van der Waals surface area contributed by atoms with Crippen molar-refractivity contribution in [2.24, 2.45) is 0 Å². The fourth-order valence-corrected chi connectivity index (χ4v) is 2.30. The minimum atomic E-state index is -4.64. The van der Waals surface area contributed by atoms with Gasteiger partial charge in [-0.25, -0.2) is 4.57 Å². The summed E-state index contributed by atoms with van der Waals surface area (Å²) in [7, 11) is -4.64. The van der Waals surface area contributed by atoms with Crippen molar-refractivity contribution in [3.05, 3.63) is 30.3 Å². The van der Waals surface area contributed by atoms with Crippen LogP contribution in [0.4, 0.5) is 0 Å². The average molecular weight is 384 g/mol. The third-order valence-electron chi connectivity index (χ3n) is 3.51. The normalized spacial score (nSPS) is 10.4. The smallest absolute Gasteiger partial charge is 1.00 e. The van der Waals surface area contributed by atoms with Crippen molar-refractivity contribution in [1.29, 1.82) is 0 Å². The Labute approximate surface area is 176 Å². The molecule has 0 spiro atoms. The molecule has 0 atom stereocenters. The van der Waals surface area contributed by atoms with E-state index in [0.717, 1.165) is 12.4 Å². The quantitative estimate of drug-likeness (QED) is 0.292. The van der Waals surface area contributed by atoms with Crippen LogP contribution in [-0.4, -0.2) is 21.3 Å². The number of hydrogen-bond acceptors (Lipinski definition) is 2. The molecule has 7 heteroatoms. The maximum Gasteiger partial charge on any atom is 1.00 e. The molecule has 0 heterocycles. The van der Waals surface area contributed by atoms with Crippen LogP contribution in [0.2, 0.25) is 0 Å². The molecule has 0 unspecified atom stereocenters. The molecule has 0 fully saturated rings. The summed E-state index contributed by atoms with van der Waals surface area (Å²) in [5, 5.41) is 0. The third-order valence-corrected chi connectivity index (χ3v) is 3.51. The summed E-state index contributed by atoms with van der Waals surface area (Å²) < 4.78 is 14.6. The molecule has 0 aliphatic heterocycles. The van der Waals surface area contributed by atoms with Gasteiger partial charge in [-0.2, -0.15) is 0 Å². The topological polar surface area (TPSA) is 87.0 Å².